The molecule has 1 aromatic carbocycles. The molecule has 2 aromatic rings. The summed E-state index contributed by atoms with van der Waals surface area (Å²) in [6.07, 6.45) is -4.33. The third-order valence-electron chi connectivity index (χ3n) is 2.65. The van der Waals surface area contributed by atoms with E-state index < -0.39 is 11.7 Å². The Labute approximate surface area is 121 Å². The van der Waals surface area contributed by atoms with Crippen molar-refractivity contribution in [2.24, 2.45) is 0 Å². The number of alkyl halides is 3. The molecule has 1 heterocycles. The quantitative estimate of drug-likeness (QED) is 0.846. The van der Waals surface area contributed by atoms with Crippen LogP contribution < -0.4 is 4.74 Å². The monoisotopic (exact) mass is 346 g/mol. The van der Waals surface area contributed by atoms with Gasteiger partial charge in [0.2, 0.25) is 5.88 Å². The second kappa shape index (κ2) is 5.78. The van der Waals surface area contributed by atoms with Gasteiger partial charge in [-0.15, -0.1) is 5.10 Å². The number of nitrogens with zero attached hydrogens (tertiary/aromatic N) is 2. The Morgan fingerprint density at radius 2 is 1.90 bits per heavy atom. The maximum Gasteiger partial charge on any atom is 0.416 e. The van der Waals surface area contributed by atoms with Crippen LogP contribution in [-0.4, -0.2) is 17.3 Å². The fourth-order valence-corrected chi connectivity index (χ4v) is 2.27. The number of ether oxygens (including phenoxy) is 1. The molecule has 0 atom stereocenters. The van der Waals surface area contributed by atoms with E-state index in [4.69, 9.17) is 4.74 Å². The maximum absolute atomic E-state index is 12.9. The lowest BCUT2D eigenvalue weighted by Gasteiger charge is -2.12. The first-order chi connectivity index (χ1) is 9.41. The van der Waals surface area contributed by atoms with Gasteiger partial charge in [0.05, 0.1) is 22.8 Å². The molecule has 0 aliphatic carbocycles. The molecule has 0 spiro atoms. The zero-order valence-corrected chi connectivity index (χ0v) is 12.0. The largest absolute Gasteiger partial charge is 0.479 e. The summed E-state index contributed by atoms with van der Waals surface area (Å²) in [5, 5.41) is 7.64. The van der Waals surface area contributed by atoms with Gasteiger partial charge in [-0.1, -0.05) is 18.2 Å². The van der Waals surface area contributed by atoms with E-state index in [1.165, 1.54) is 19.2 Å². The Bertz CT molecular complexity index is 617. The molecule has 0 bridgehead atoms. The molecule has 7 heteroatoms. The van der Waals surface area contributed by atoms with Crippen LogP contribution in [0, 0.1) is 0 Å². The van der Waals surface area contributed by atoms with Gasteiger partial charge in [0.25, 0.3) is 0 Å². The predicted octanol–water partition coefficient (Wildman–Crippen LogP) is 3.86. The Morgan fingerprint density at radius 3 is 2.50 bits per heavy atom. The minimum atomic E-state index is -4.38. The Morgan fingerprint density at radius 1 is 1.20 bits per heavy atom. The highest BCUT2D eigenvalue weighted by Gasteiger charge is 2.32. The normalized spacial score (nSPS) is 11.4. The molecule has 106 valence electrons. The van der Waals surface area contributed by atoms with Gasteiger partial charge < -0.3 is 4.74 Å². The van der Waals surface area contributed by atoms with E-state index in [0.717, 1.165) is 6.07 Å². The Balaban J connectivity index is 2.33. The molecule has 2 rings (SSSR count). The summed E-state index contributed by atoms with van der Waals surface area (Å²) < 4.78 is 44.1. The first-order valence-corrected chi connectivity index (χ1v) is 6.42. The summed E-state index contributed by atoms with van der Waals surface area (Å²) in [4.78, 5) is 0. The number of methoxy groups -OCH3 is 1. The van der Waals surface area contributed by atoms with E-state index in [2.05, 4.69) is 26.1 Å². The molecule has 0 radical (unpaired) electrons. The average molecular weight is 347 g/mol. The minimum absolute atomic E-state index is 0.0469. The number of hydrogen-bond donors (Lipinski definition) is 0. The highest BCUT2D eigenvalue weighted by atomic mass is 79.9. The van der Waals surface area contributed by atoms with Crippen LogP contribution in [0.3, 0.4) is 0 Å². The zero-order chi connectivity index (χ0) is 14.8. The van der Waals surface area contributed by atoms with E-state index in [1.54, 1.807) is 12.1 Å². The molecule has 1 aromatic heterocycles. The van der Waals surface area contributed by atoms with Crippen LogP contribution in [-0.2, 0) is 12.6 Å². The summed E-state index contributed by atoms with van der Waals surface area (Å²) in [5.41, 5.74) is -0.0746. The third kappa shape index (κ3) is 3.27. The van der Waals surface area contributed by atoms with Gasteiger partial charge in [0, 0.05) is 6.42 Å². The van der Waals surface area contributed by atoms with Gasteiger partial charge in [-0.3, -0.25) is 0 Å². The second-order valence-electron chi connectivity index (χ2n) is 4.02. The van der Waals surface area contributed by atoms with E-state index in [9.17, 15) is 13.2 Å². The fourth-order valence-electron chi connectivity index (χ4n) is 1.77. The summed E-state index contributed by atoms with van der Waals surface area (Å²) in [5.74, 6) is 0.290. The highest BCUT2D eigenvalue weighted by Crippen LogP contribution is 2.33. The predicted molar refractivity (Wildman–Crippen MR) is 70.5 cm³/mol. The molecular weight excluding hydrogens is 337 g/mol. The number of rotatable bonds is 3. The van der Waals surface area contributed by atoms with Crippen molar-refractivity contribution in [2.75, 3.05) is 7.11 Å². The molecule has 20 heavy (non-hydrogen) atoms. The van der Waals surface area contributed by atoms with Crippen molar-refractivity contribution in [3.63, 3.8) is 0 Å². The summed E-state index contributed by atoms with van der Waals surface area (Å²) >= 11 is 3.23. The summed E-state index contributed by atoms with van der Waals surface area (Å²) in [7, 11) is 1.44. The molecule has 0 fully saturated rings. The van der Waals surface area contributed by atoms with Crippen molar-refractivity contribution in [2.45, 2.75) is 12.6 Å². The highest BCUT2D eigenvalue weighted by molar-refractivity contribution is 9.10. The molecule has 0 aliphatic rings. The van der Waals surface area contributed by atoms with Crippen LogP contribution in [0.15, 0.2) is 34.8 Å². The van der Waals surface area contributed by atoms with Crippen LogP contribution >= 0.6 is 15.9 Å². The van der Waals surface area contributed by atoms with Gasteiger partial charge in [0.15, 0.2) is 0 Å². The smallest absolute Gasteiger partial charge is 0.416 e. The first kappa shape index (κ1) is 14.8. The first-order valence-electron chi connectivity index (χ1n) is 5.63. The molecule has 0 saturated carbocycles. The van der Waals surface area contributed by atoms with Crippen molar-refractivity contribution in [1.29, 1.82) is 0 Å². The molecular formula is C13H10BrF3N2O. The van der Waals surface area contributed by atoms with E-state index >= 15 is 0 Å². The Hall–Kier alpha value is -1.63. The van der Waals surface area contributed by atoms with E-state index in [0.29, 0.717) is 10.2 Å². The van der Waals surface area contributed by atoms with Crippen LogP contribution in [0.2, 0.25) is 0 Å². The van der Waals surface area contributed by atoms with Gasteiger partial charge in [0.1, 0.15) is 0 Å². The van der Waals surface area contributed by atoms with E-state index in [-0.39, 0.29) is 17.9 Å². The van der Waals surface area contributed by atoms with E-state index in [1.807, 2.05) is 0 Å². The standard InChI is InChI=1S/C13H10BrF3N2O/c1-20-12-11(14)7-9(18-19-12)6-8-4-2-3-5-10(8)13(15,16)17/h2-5,7H,6H2,1H3. The third-order valence-corrected chi connectivity index (χ3v) is 3.22. The Kier molecular flexibility index (Phi) is 4.27. The van der Waals surface area contributed by atoms with Gasteiger partial charge >= 0.3 is 6.18 Å². The lowest BCUT2D eigenvalue weighted by atomic mass is 10.0. The number of benzene rings is 1. The molecule has 0 aliphatic heterocycles. The summed E-state index contributed by atoms with van der Waals surface area (Å²) in [6.45, 7) is 0. The van der Waals surface area contributed by atoms with Crippen LogP contribution in [0.25, 0.3) is 0 Å². The maximum atomic E-state index is 12.9. The summed E-state index contributed by atoms with van der Waals surface area (Å²) in [6, 6.07) is 7.02. The molecule has 0 N–H and O–H groups in total. The van der Waals surface area contributed by atoms with Gasteiger partial charge in [-0.05, 0) is 33.6 Å². The van der Waals surface area contributed by atoms with Crippen molar-refractivity contribution >= 4 is 15.9 Å². The van der Waals surface area contributed by atoms with Crippen LogP contribution in [0.5, 0.6) is 5.88 Å². The van der Waals surface area contributed by atoms with Crippen molar-refractivity contribution in [3.05, 3.63) is 51.6 Å². The van der Waals surface area contributed by atoms with Crippen molar-refractivity contribution in [3.8, 4) is 5.88 Å². The molecule has 0 amide bonds. The van der Waals surface area contributed by atoms with Gasteiger partial charge in [-0.25, -0.2) is 0 Å². The van der Waals surface area contributed by atoms with Crippen LogP contribution in [0.4, 0.5) is 13.2 Å². The number of hydrogen-bond acceptors (Lipinski definition) is 3. The van der Waals surface area contributed by atoms with Crippen molar-refractivity contribution in [1.82, 2.24) is 10.2 Å². The molecule has 0 saturated heterocycles. The number of aromatic nitrogens is 2. The van der Waals surface area contributed by atoms with Crippen molar-refractivity contribution < 1.29 is 17.9 Å². The number of halogens is 4. The lowest BCUT2D eigenvalue weighted by Crippen LogP contribution is -2.10. The SMILES string of the molecule is COc1nnc(Cc2ccccc2C(F)(F)F)cc1Br. The van der Waals surface area contributed by atoms with Crippen LogP contribution in [0.1, 0.15) is 16.8 Å². The zero-order valence-electron chi connectivity index (χ0n) is 10.4. The topological polar surface area (TPSA) is 35.0 Å². The molecule has 0 unspecified atom stereocenters. The fraction of sp³-hybridized carbons (Fsp3) is 0.231. The second-order valence-corrected chi connectivity index (χ2v) is 4.88. The lowest BCUT2D eigenvalue weighted by molar-refractivity contribution is -0.138. The van der Waals surface area contributed by atoms with Gasteiger partial charge in [-0.2, -0.15) is 18.3 Å². The average Bonchev–Trinajstić information content (AvgIpc) is 2.38. The minimum Gasteiger partial charge on any atom is -0.479 e. The molecule has 3 nitrogen and oxygen atoms in total.